The van der Waals surface area contributed by atoms with Crippen LogP contribution in [0.15, 0.2) is 81.7 Å². The summed E-state index contributed by atoms with van der Waals surface area (Å²) in [4.78, 5) is 32.4. The van der Waals surface area contributed by atoms with Crippen LogP contribution in [0.25, 0.3) is 6.08 Å². The van der Waals surface area contributed by atoms with E-state index < -0.39 is 12.0 Å². The molecule has 2 heterocycles. The Bertz CT molecular complexity index is 1980. The highest BCUT2D eigenvalue weighted by Crippen LogP contribution is 2.36. The van der Waals surface area contributed by atoms with Gasteiger partial charge in [0.05, 0.1) is 48.8 Å². The van der Waals surface area contributed by atoms with Gasteiger partial charge in [-0.2, -0.15) is 0 Å². The number of benzene rings is 3. The molecule has 0 spiro atoms. The number of nitrogens with zero attached hydrogens (tertiary/aromatic N) is 2. The van der Waals surface area contributed by atoms with Crippen molar-refractivity contribution in [1.82, 2.24) is 4.57 Å². The number of allylic oxidation sites excluding steroid dienone is 1. The van der Waals surface area contributed by atoms with Gasteiger partial charge in [0.15, 0.2) is 27.8 Å². The maximum Gasteiger partial charge on any atom is 0.338 e. The zero-order chi connectivity index (χ0) is 33.0. The van der Waals surface area contributed by atoms with Crippen molar-refractivity contribution < 1.29 is 32.9 Å². The zero-order valence-electron chi connectivity index (χ0n) is 26.5. The third kappa shape index (κ3) is 6.84. The minimum Gasteiger partial charge on any atom is -0.493 e. The van der Waals surface area contributed by atoms with Crippen molar-refractivity contribution in [2.24, 2.45) is 4.99 Å². The van der Waals surface area contributed by atoms with E-state index in [9.17, 15) is 14.0 Å². The molecule has 46 heavy (non-hydrogen) atoms. The second kappa shape index (κ2) is 14.0. The van der Waals surface area contributed by atoms with Gasteiger partial charge in [-0.3, -0.25) is 9.36 Å². The van der Waals surface area contributed by atoms with Gasteiger partial charge in [-0.05, 0) is 86.9 Å². The SMILES string of the molecule is CCOC(=O)C1=C(C)N=c2s/c(=C\c3ccc(OCc4cccc(F)c4)c(OC)c3)c(=O)n2[C@@H]1c1ccc(OC(C)C)c(OC)c1. The molecule has 0 radical (unpaired) electrons. The van der Waals surface area contributed by atoms with Gasteiger partial charge >= 0.3 is 5.97 Å². The van der Waals surface area contributed by atoms with Crippen LogP contribution in [0.3, 0.4) is 0 Å². The molecule has 0 saturated heterocycles. The van der Waals surface area contributed by atoms with E-state index in [1.807, 2.05) is 19.9 Å². The Morgan fingerprint density at radius 2 is 1.76 bits per heavy atom. The molecule has 1 atom stereocenters. The molecular formula is C35H35FN2O7S. The molecule has 0 amide bonds. The van der Waals surface area contributed by atoms with Crippen molar-refractivity contribution in [3.05, 3.63) is 114 Å². The largest absolute Gasteiger partial charge is 0.493 e. The van der Waals surface area contributed by atoms with E-state index in [1.54, 1.807) is 62.4 Å². The lowest BCUT2D eigenvalue weighted by molar-refractivity contribution is -0.139. The minimum atomic E-state index is -0.812. The lowest BCUT2D eigenvalue weighted by atomic mass is 9.95. The van der Waals surface area contributed by atoms with Gasteiger partial charge in [0.1, 0.15) is 12.4 Å². The number of ether oxygens (including phenoxy) is 5. The second-order valence-electron chi connectivity index (χ2n) is 10.7. The first-order chi connectivity index (χ1) is 22.1. The van der Waals surface area contributed by atoms with Crippen LogP contribution in [-0.4, -0.2) is 37.5 Å². The first kappa shape index (κ1) is 32.5. The quantitative estimate of drug-likeness (QED) is 0.204. The first-order valence-corrected chi connectivity index (χ1v) is 15.5. The van der Waals surface area contributed by atoms with Crippen LogP contribution in [0.2, 0.25) is 0 Å². The summed E-state index contributed by atoms with van der Waals surface area (Å²) in [6, 6.07) is 16.0. The lowest BCUT2D eigenvalue weighted by Gasteiger charge is -2.25. The van der Waals surface area contributed by atoms with Crippen molar-refractivity contribution >= 4 is 23.4 Å². The normalized spacial score (nSPS) is 14.5. The van der Waals surface area contributed by atoms with E-state index in [2.05, 4.69) is 4.99 Å². The van der Waals surface area contributed by atoms with Crippen molar-refractivity contribution in [2.75, 3.05) is 20.8 Å². The summed E-state index contributed by atoms with van der Waals surface area (Å²) < 4.78 is 43.9. The summed E-state index contributed by atoms with van der Waals surface area (Å²) in [7, 11) is 3.06. The van der Waals surface area contributed by atoms with Crippen LogP contribution in [0.5, 0.6) is 23.0 Å². The highest BCUT2D eigenvalue weighted by Gasteiger charge is 2.34. The molecule has 0 fully saturated rings. The Labute approximate surface area is 269 Å². The first-order valence-electron chi connectivity index (χ1n) is 14.7. The summed E-state index contributed by atoms with van der Waals surface area (Å²) in [5.74, 6) is 1.05. The molecular weight excluding hydrogens is 611 g/mol. The molecule has 0 aliphatic carbocycles. The number of hydrogen-bond donors (Lipinski definition) is 0. The Hall–Kier alpha value is -4.90. The number of halogens is 1. The minimum absolute atomic E-state index is 0.0812. The van der Waals surface area contributed by atoms with Gasteiger partial charge in [0.2, 0.25) is 0 Å². The molecule has 0 unspecified atom stereocenters. The zero-order valence-corrected chi connectivity index (χ0v) is 27.3. The maximum atomic E-state index is 14.1. The molecule has 1 aliphatic rings. The maximum absolute atomic E-state index is 14.1. The van der Waals surface area contributed by atoms with Crippen molar-refractivity contribution in [1.29, 1.82) is 0 Å². The number of fused-ring (bicyclic) bond motifs is 1. The molecule has 1 aliphatic heterocycles. The van der Waals surface area contributed by atoms with Crippen molar-refractivity contribution in [2.45, 2.75) is 46.4 Å². The van der Waals surface area contributed by atoms with Crippen molar-refractivity contribution in [3.63, 3.8) is 0 Å². The molecule has 0 saturated carbocycles. The number of carbonyl (C=O) groups is 1. The van der Waals surface area contributed by atoms with Crippen LogP contribution in [-0.2, 0) is 16.1 Å². The molecule has 3 aromatic carbocycles. The van der Waals surface area contributed by atoms with Crippen LogP contribution in [0.4, 0.5) is 4.39 Å². The van der Waals surface area contributed by atoms with E-state index in [0.29, 0.717) is 54.7 Å². The van der Waals surface area contributed by atoms with Crippen molar-refractivity contribution in [3.8, 4) is 23.0 Å². The summed E-state index contributed by atoms with van der Waals surface area (Å²) >= 11 is 1.21. The molecule has 4 aromatic rings. The van der Waals surface area contributed by atoms with E-state index in [4.69, 9.17) is 23.7 Å². The van der Waals surface area contributed by atoms with Crippen LogP contribution in [0, 0.1) is 5.82 Å². The molecule has 5 rings (SSSR count). The number of carbonyl (C=O) groups excluding carboxylic acids is 1. The number of thiazole rings is 1. The molecule has 0 bridgehead atoms. The smallest absolute Gasteiger partial charge is 0.338 e. The summed E-state index contributed by atoms with van der Waals surface area (Å²) in [5, 5.41) is 0. The predicted molar refractivity (Wildman–Crippen MR) is 173 cm³/mol. The fraction of sp³-hybridized carbons (Fsp3) is 0.286. The fourth-order valence-corrected chi connectivity index (χ4v) is 6.19. The Morgan fingerprint density at radius 1 is 1.02 bits per heavy atom. The average molecular weight is 647 g/mol. The second-order valence-corrected chi connectivity index (χ2v) is 11.7. The molecule has 240 valence electrons. The molecule has 9 nitrogen and oxygen atoms in total. The third-order valence-electron chi connectivity index (χ3n) is 7.15. The van der Waals surface area contributed by atoms with Gasteiger partial charge in [0.25, 0.3) is 5.56 Å². The third-order valence-corrected chi connectivity index (χ3v) is 8.13. The standard InChI is InChI=1S/C35H35FN2O7S/c1-7-43-34(40)31-21(4)37-35-38(32(31)24-12-14-27(45-20(2)3)29(18-24)42-6)33(39)30(46-35)17-22-11-13-26(28(16-22)41-5)44-19-23-9-8-10-25(36)15-23/h8-18,20,32H,7,19H2,1-6H3/b30-17-/t32-/m1/s1. The predicted octanol–water partition coefficient (Wildman–Crippen LogP) is 5.32. The van der Waals surface area contributed by atoms with E-state index >= 15 is 0 Å². The molecule has 11 heteroatoms. The monoisotopic (exact) mass is 646 g/mol. The van der Waals surface area contributed by atoms with Crippen LogP contribution < -0.4 is 33.8 Å². The topological polar surface area (TPSA) is 97.6 Å². The fourth-order valence-electron chi connectivity index (χ4n) is 5.14. The number of esters is 1. The highest BCUT2D eigenvalue weighted by atomic mass is 32.1. The van der Waals surface area contributed by atoms with Gasteiger partial charge < -0.3 is 23.7 Å². The number of aromatic nitrogens is 1. The van der Waals surface area contributed by atoms with Gasteiger partial charge in [-0.25, -0.2) is 14.2 Å². The Morgan fingerprint density at radius 3 is 2.46 bits per heavy atom. The van der Waals surface area contributed by atoms with Crippen LogP contribution >= 0.6 is 11.3 Å². The Kier molecular flexibility index (Phi) is 9.91. The number of hydrogen-bond acceptors (Lipinski definition) is 9. The average Bonchev–Trinajstić information content (AvgIpc) is 3.33. The lowest BCUT2D eigenvalue weighted by Crippen LogP contribution is -2.40. The van der Waals surface area contributed by atoms with E-state index in [1.165, 1.54) is 42.3 Å². The van der Waals surface area contributed by atoms with E-state index in [0.717, 1.165) is 0 Å². The summed E-state index contributed by atoms with van der Waals surface area (Å²) in [5.41, 5.74) is 2.41. The molecule has 0 N–H and O–H groups in total. The van der Waals surface area contributed by atoms with Gasteiger partial charge in [-0.15, -0.1) is 0 Å². The molecule has 1 aromatic heterocycles. The van der Waals surface area contributed by atoms with Gasteiger partial charge in [0, 0.05) is 0 Å². The highest BCUT2D eigenvalue weighted by molar-refractivity contribution is 7.07. The summed E-state index contributed by atoms with van der Waals surface area (Å²) in [6.07, 6.45) is 1.66. The van der Waals surface area contributed by atoms with Gasteiger partial charge in [-0.1, -0.05) is 35.6 Å². The number of rotatable bonds is 11. The van der Waals surface area contributed by atoms with Crippen LogP contribution in [0.1, 0.15) is 50.4 Å². The van der Waals surface area contributed by atoms with E-state index in [-0.39, 0.29) is 36.3 Å². The Balaban J connectivity index is 1.57. The number of methoxy groups -OCH3 is 2. The summed E-state index contributed by atoms with van der Waals surface area (Å²) in [6.45, 7) is 7.62.